The number of anilines is 1. The van der Waals surface area contributed by atoms with E-state index in [0.29, 0.717) is 11.6 Å². The topological polar surface area (TPSA) is 61.4 Å². The van der Waals surface area contributed by atoms with E-state index in [-0.39, 0.29) is 5.91 Å². The third-order valence-electron chi connectivity index (χ3n) is 5.18. The second-order valence-corrected chi connectivity index (χ2v) is 10.1. The number of piperazine rings is 1. The number of halogens is 1. The molecule has 2 aromatic heterocycles. The van der Waals surface area contributed by atoms with Crippen LogP contribution in [0.2, 0.25) is 0 Å². The third-order valence-corrected chi connectivity index (χ3v) is 7.79. The first kappa shape index (κ1) is 19.9. The number of nitrogens with zero attached hydrogens (tertiary/aromatic N) is 4. The summed E-state index contributed by atoms with van der Waals surface area (Å²) >= 11 is 6.71. The minimum Gasteiger partial charge on any atom is -0.349 e. The molecule has 0 saturated carbocycles. The highest BCUT2D eigenvalue weighted by molar-refractivity contribution is 9.10. The molecule has 0 unspecified atom stereocenters. The second-order valence-electron chi connectivity index (χ2n) is 7.18. The lowest BCUT2D eigenvalue weighted by Crippen LogP contribution is -2.48. The van der Waals surface area contributed by atoms with Gasteiger partial charge in [-0.15, -0.1) is 11.3 Å². The van der Waals surface area contributed by atoms with Crippen LogP contribution in [0.3, 0.4) is 0 Å². The lowest BCUT2D eigenvalue weighted by atomic mass is 10.3. The van der Waals surface area contributed by atoms with E-state index >= 15 is 0 Å². The Hall–Kier alpha value is -2.07. The average Bonchev–Trinajstić information content (AvgIpc) is 3.38. The molecule has 1 aliphatic rings. The first-order valence-electron chi connectivity index (χ1n) is 9.83. The summed E-state index contributed by atoms with van der Waals surface area (Å²) in [6.45, 7) is 5.31. The van der Waals surface area contributed by atoms with Crippen molar-refractivity contribution in [3.63, 3.8) is 0 Å². The van der Waals surface area contributed by atoms with Crippen LogP contribution in [0, 0.1) is 0 Å². The number of fused-ring (bicyclic) bond motifs is 2. The normalized spacial score (nSPS) is 15.2. The summed E-state index contributed by atoms with van der Waals surface area (Å²) < 4.78 is 3.34. The number of para-hydroxylation sites is 1. The van der Waals surface area contributed by atoms with Gasteiger partial charge in [-0.25, -0.2) is 9.97 Å². The van der Waals surface area contributed by atoms with E-state index in [1.807, 2.05) is 30.3 Å². The first-order chi connectivity index (χ1) is 14.7. The quantitative estimate of drug-likeness (QED) is 0.443. The fraction of sp³-hybridized carbons (Fsp3) is 0.286. The van der Waals surface area contributed by atoms with Crippen molar-refractivity contribution in [3.05, 3.63) is 51.9 Å². The van der Waals surface area contributed by atoms with Crippen molar-refractivity contribution in [3.8, 4) is 0 Å². The molecule has 1 fully saturated rings. The molecule has 30 heavy (non-hydrogen) atoms. The number of amides is 1. The maximum absolute atomic E-state index is 12.4. The van der Waals surface area contributed by atoms with E-state index in [4.69, 9.17) is 4.98 Å². The molecule has 0 radical (unpaired) electrons. The average molecular weight is 502 g/mol. The van der Waals surface area contributed by atoms with Crippen LogP contribution in [0.5, 0.6) is 0 Å². The van der Waals surface area contributed by atoms with Gasteiger partial charge in [0.15, 0.2) is 10.1 Å². The van der Waals surface area contributed by atoms with E-state index in [1.165, 1.54) is 16.0 Å². The Morgan fingerprint density at radius 1 is 1.00 bits per heavy atom. The summed E-state index contributed by atoms with van der Waals surface area (Å²) in [5.74, 6) is -0.0875. The molecule has 1 aliphatic heterocycles. The SMILES string of the molecule is O=C(NCCN1CCN(c2nc3ccc(Br)cc3s2)CC1)c1nc2ccccc2s1. The predicted molar refractivity (Wildman–Crippen MR) is 128 cm³/mol. The Labute approximate surface area is 190 Å². The Balaban J connectivity index is 1.11. The molecule has 5 rings (SSSR count). The van der Waals surface area contributed by atoms with Gasteiger partial charge in [-0.05, 0) is 30.3 Å². The zero-order valence-corrected chi connectivity index (χ0v) is 19.4. The molecule has 9 heteroatoms. The molecule has 0 aliphatic carbocycles. The van der Waals surface area contributed by atoms with Crippen molar-refractivity contribution in [2.24, 2.45) is 0 Å². The van der Waals surface area contributed by atoms with E-state index in [1.54, 1.807) is 11.3 Å². The van der Waals surface area contributed by atoms with Crippen LogP contribution in [0.15, 0.2) is 46.9 Å². The molecule has 1 N–H and O–H groups in total. The number of rotatable bonds is 5. The van der Waals surface area contributed by atoms with Gasteiger partial charge in [-0.1, -0.05) is 39.4 Å². The van der Waals surface area contributed by atoms with Gasteiger partial charge in [-0.2, -0.15) is 0 Å². The van der Waals surface area contributed by atoms with E-state index < -0.39 is 0 Å². The number of benzene rings is 2. The molecule has 1 saturated heterocycles. The highest BCUT2D eigenvalue weighted by Gasteiger charge is 2.20. The van der Waals surface area contributed by atoms with Crippen molar-refractivity contribution < 1.29 is 4.79 Å². The van der Waals surface area contributed by atoms with Crippen LogP contribution in [-0.4, -0.2) is 60.0 Å². The number of aromatic nitrogens is 2. The molecular weight excluding hydrogens is 482 g/mol. The molecule has 3 heterocycles. The summed E-state index contributed by atoms with van der Waals surface area (Å²) in [4.78, 5) is 26.4. The summed E-state index contributed by atoms with van der Waals surface area (Å²) in [5.41, 5.74) is 1.93. The molecule has 4 aromatic rings. The summed E-state index contributed by atoms with van der Waals surface area (Å²) in [6.07, 6.45) is 0. The maximum Gasteiger partial charge on any atom is 0.280 e. The van der Waals surface area contributed by atoms with Crippen molar-refractivity contribution in [1.29, 1.82) is 0 Å². The van der Waals surface area contributed by atoms with E-state index in [0.717, 1.165) is 58.1 Å². The van der Waals surface area contributed by atoms with Gasteiger partial charge in [0.05, 0.1) is 20.4 Å². The van der Waals surface area contributed by atoms with Crippen LogP contribution in [-0.2, 0) is 0 Å². The zero-order valence-electron chi connectivity index (χ0n) is 16.2. The molecule has 1 amide bonds. The molecule has 6 nitrogen and oxygen atoms in total. The largest absolute Gasteiger partial charge is 0.349 e. The van der Waals surface area contributed by atoms with Crippen LogP contribution < -0.4 is 10.2 Å². The fourth-order valence-corrected chi connectivity index (χ4v) is 6.01. The van der Waals surface area contributed by atoms with Gasteiger partial charge in [0, 0.05) is 43.7 Å². The number of carbonyl (C=O) groups excluding carboxylic acids is 1. The number of carbonyl (C=O) groups is 1. The third kappa shape index (κ3) is 4.20. The highest BCUT2D eigenvalue weighted by Crippen LogP contribution is 2.31. The maximum atomic E-state index is 12.4. The summed E-state index contributed by atoms with van der Waals surface area (Å²) in [6, 6.07) is 14.1. The van der Waals surface area contributed by atoms with Crippen LogP contribution in [0.4, 0.5) is 5.13 Å². The van der Waals surface area contributed by atoms with Gasteiger partial charge in [0.1, 0.15) is 0 Å². The number of thiazole rings is 2. The molecule has 2 aromatic carbocycles. The second kappa shape index (κ2) is 8.58. The first-order valence-corrected chi connectivity index (χ1v) is 12.3. The molecule has 0 spiro atoms. The lowest BCUT2D eigenvalue weighted by molar-refractivity contribution is 0.0947. The van der Waals surface area contributed by atoms with Crippen molar-refractivity contribution in [1.82, 2.24) is 20.2 Å². The number of hydrogen-bond donors (Lipinski definition) is 1. The van der Waals surface area contributed by atoms with E-state index in [9.17, 15) is 4.79 Å². The lowest BCUT2D eigenvalue weighted by Gasteiger charge is -2.34. The van der Waals surface area contributed by atoms with Crippen LogP contribution in [0.1, 0.15) is 9.80 Å². The summed E-state index contributed by atoms with van der Waals surface area (Å²) in [5, 5.41) is 4.63. The minimum absolute atomic E-state index is 0.0875. The molecular formula is C21H20BrN5OS2. The van der Waals surface area contributed by atoms with Gasteiger partial charge < -0.3 is 10.2 Å². The monoisotopic (exact) mass is 501 g/mol. The Morgan fingerprint density at radius 2 is 1.80 bits per heavy atom. The number of nitrogens with one attached hydrogen (secondary N) is 1. The predicted octanol–water partition coefficient (Wildman–Crippen LogP) is 4.22. The highest BCUT2D eigenvalue weighted by atomic mass is 79.9. The number of hydrogen-bond acceptors (Lipinski definition) is 7. The van der Waals surface area contributed by atoms with Crippen molar-refractivity contribution >= 4 is 70.1 Å². The van der Waals surface area contributed by atoms with E-state index in [2.05, 4.69) is 48.2 Å². The van der Waals surface area contributed by atoms with Gasteiger partial charge >= 0.3 is 0 Å². The van der Waals surface area contributed by atoms with Crippen molar-refractivity contribution in [2.75, 3.05) is 44.2 Å². The van der Waals surface area contributed by atoms with Crippen molar-refractivity contribution in [2.45, 2.75) is 0 Å². The molecule has 154 valence electrons. The Kier molecular flexibility index (Phi) is 5.68. The fourth-order valence-electron chi connectivity index (χ4n) is 3.56. The Bertz CT molecular complexity index is 1170. The smallest absolute Gasteiger partial charge is 0.280 e. The van der Waals surface area contributed by atoms with Crippen LogP contribution in [0.25, 0.3) is 20.4 Å². The minimum atomic E-state index is -0.0875. The molecule has 0 bridgehead atoms. The Morgan fingerprint density at radius 3 is 2.63 bits per heavy atom. The molecule has 0 atom stereocenters. The van der Waals surface area contributed by atoms with Gasteiger partial charge in [0.25, 0.3) is 5.91 Å². The van der Waals surface area contributed by atoms with Gasteiger partial charge in [-0.3, -0.25) is 9.69 Å². The summed E-state index contributed by atoms with van der Waals surface area (Å²) in [7, 11) is 0. The zero-order chi connectivity index (χ0) is 20.5. The van der Waals surface area contributed by atoms with Crippen LogP contribution >= 0.6 is 38.6 Å². The van der Waals surface area contributed by atoms with Gasteiger partial charge in [0.2, 0.25) is 0 Å². The standard InChI is InChI=1S/C21H20BrN5OS2/c22-14-5-6-16-18(13-14)30-21(25-16)27-11-9-26(10-12-27)8-7-23-19(28)20-24-15-3-1-2-4-17(15)29-20/h1-6,13H,7-12H2,(H,23,28).